The SMILES string of the molecule is O=C(COc1ccc(Cl)cc1Cl)N1CCCN2CCCC2C1. The third kappa shape index (κ3) is 3.67. The number of ether oxygens (including phenoxy) is 1. The van der Waals surface area contributed by atoms with Gasteiger partial charge in [0.05, 0.1) is 5.02 Å². The molecule has 0 radical (unpaired) electrons. The van der Waals surface area contributed by atoms with Gasteiger partial charge in [-0.15, -0.1) is 0 Å². The van der Waals surface area contributed by atoms with Crippen molar-refractivity contribution in [1.29, 1.82) is 0 Å². The van der Waals surface area contributed by atoms with E-state index >= 15 is 0 Å². The van der Waals surface area contributed by atoms with Gasteiger partial charge in [0.2, 0.25) is 0 Å². The van der Waals surface area contributed by atoms with E-state index in [1.54, 1.807) is 18.2 Å². The molecular weight excluding hydrogens is 323 g/mol. The van der Waals surface area contributed by atoms with E-state index in [9.17, 15) is 4.79 Å². The fourth-order valence-electron chi connectivity index (χ4n) is 3.26. The van der Waals surface area contributed by atoms with Crippen molar-refractivity contribution in [2.24, 2.45) is 0 Å². The molecule has 3 rings (SSSR count). The lowest BCUT2D eigenvalue weighted by Crippen LogP contribution is -2.41. The topological polar surface area (TPSA) is 32.8 Å². The Labute approximate surface area is 140 Å². The fourth-order valence-corrected chi connectivity index (χ4v) is 3.72. The first-order valence-corrected chi connectivity index (χ1v) is 8.49. The molecule has 2 aliphatic heterocycles. The van der Waals surface area contributed by atoms with E-state index in [0.29, 0.717) is 21.8 Å². The third-order valence-electron chi connectivity index (χ3n) is 4.40. The molecule has 0 N–H and O–H groups in total. The van der Waals surface area contributed by atoms with E-state index in [4.69, 9.17) is 27.9 Å². The standard InChI is InChI=1S/C16H20Cl2N2O2/c17-12-4-5-15(14(18)9-12)22-11-16(21)20-8-2-7-19-6-1-3-13(19)10-20/h4-5,9,13H,1-3,6-8,10-11H2. The monoisotopic (exact) mass is 342 g/mol. The first kappa shape index (κ1) is 15.9. The first-order valence-electron chi connectivity index (χ1n) is 7.73. The second-order valence-electron chi connectivity index (χ2n) is 5.89. The van der Waals surface area contributed by atoms with Crippen molar-refractivity contribution >= 4 is 29.1 Å². The van der Waals surface area contributed by atoms with Crippen LogP contribution in [0.5, 0.6) is 5.75 Å². The fraction of sp³-hybridized carbons (Fsp3) is 0.562. The number of rotatable bonds is 3. The van der Waals surface area contributed by atoms with Crippen molar-refractivity contribution in [2.75, 3.05) is 32.8 Å². The molecule has 0 bridgehead atoms. The van der Waals surface area contributed by atoms with Crippen LogP contribution in [0.1, 0.15) is 19.3 Å². The molecule has 1 aromatic rings. The van der Waals surface area contributed by atoms with Crippen LogP contribution in [0.4, 0.5) is 0 Å². The summed E-state index contributed by atoms with van der Waals surface area (Å²) in [6.07, 6.45) is 3.46. The average molecular weight is 343 g/mol. The summed E-state index contributed by atoms with van der Waals surface area (Å²) in [5, 5.41) is 0.982. The predicted octanol–water partition coefficient (Wildman–Crippen LogP) is 3.07. The van der Waals surface area contributed by atoms with Crippen LogP contribution in [0.2, 0.25) is 10.0 Å². The minimum absolute atomic E-state index is 0.0219. The van der Waals surface area contributed by atoms with E-state index < -0.39 is 0 Å². The Bertz CT molecular complexity index is 553. The Hall–Kier alpha value is -0.970. The minimum atomic E-state index is 0.0219. The lowest BCUT2D eigenvalue weighted by atomic mass is 10.2. The number of carbonyl (C=O) groups is 1. The van der Waals surface area contributed by atoms with Crippen LogP contribution in [0.15, 0.2) is 18.2 Å². The average Bonchev–Trinajstić information content (AvgIpc) is 2.83. The number of halogens is 2. The molecule has 22 heavy (non-hydrogen) atoms. The maximum atomic E-state index is 12.4. The van der Waals surface area contributed by atoms with Crippen LogP contribution in [0.25, 0.3) is 0 Å². The summed E-state index contributed by atoms with van der Waals surface area (Å²) in [6.45, 7) is 3.91. The van der Waals surface area contributed by atoms with Gasteiger partial charge in [-0.05, 0) is 44.0 Å². The zero-order chi connectivity index (χ0) is 15.5. The second-order valence-corrected chi connectivity index (χ2v) is 6.73. The first-order chi connectivity index (χ1) is 10.6. The number of amides is 1. The summed E-state index contributed by atoms with van der Waals surface area (Å²) < 4.78 is 5.56. The molecule has 0 saturated carbocycles. The molecule has 2 heterocycles. The maximum Gasteiger partial charge on any atom is 0.260 e. The Morgan fingerprint density at radius 3 is 2.86 bits per heavy atom. The Kier molecular flexibility index (Phi) is 5.11. The Balaban J connectivity index is 1.57. The summed E-state index contributed by atoms with van der Waals surface area (Å²) in [6, 6.07) is 5.53. The normalized spacial score (nSPS) is 22.3. The van der Waals surface area contributed by atoms with Crippen LogP contribution in [0.3, 0.4) is 0 Å². The molecule has 1 aromatic carbocycles. The minimum Gasteiger partial charge on any atom is -0.482 e. The van der Waals surface area contributed by atoms with Gasteiger partial charge >= 0.3 is 0 Å². The van der Waals surface area contributed by atoms with Crippen molar-refractivity contribution < 1.29 is 9.53 Å². The van der Waals surface area contributed by atoms with Gasteiger partial charge in [0.1, 0.15) is 5.75 Å². The van der Waals surface area contributed by atoms with Gasteiger partial charge in [-0.1, -0.05) is 23.2 Å². The van der Waals surface area contributed by atoms with E-state index in [-0.39, 0.29) is 12.5 Å². The number of carbonyl (C=O) groups excluding carboxylic acids is 1. The molecule has 120 valence electrons. The highest BCUT2D eigenvalue weighted by atomic mass is 35.5. The molecular formula is C16H20Cl2N2O2. The van der Waals surface area contributed by atoms with Crippen LogP contribution >= 0.6 is 23.2 Å². The van der Waals surface area contributed by atoms with Crippen molar-refractivity contribution in [3.63, 3.8) is 0 Å². The van der Waals surface area contributed by atoms with Gasteiger partial charge < -0.3 is 9.64 Å². The van der Waals surface area contributed by atoms with Gasteiger partial charge in [0.25, 0.3) is 5.91 Å². The van der Waals surface area contributed by atoms with Crippen molar-refractivity contribution in [3.8, 4) is 5.75 Å². The van der Waals surface area contributed by atoms with Gasteiger partial charge in [0.15, 0.2) is 6.61 Å². The molecule has 2 aliphatic rings. The summed E-state index contributed by atoms with van der Waals surface area (Å²) in [5.41, 5.74) is 0. The van der Waals surface area contributed by atoms with Gasteiger partial charge in [-0.3, -0.25) is 9.69 Å². The maximum absolute atomic E-state index is 12.4. The zero-order valence-electron chi connectivity index (χ0n) is 12.4. The lowest BCUT2D eigenvalue weighted by Gasteiger charge is -2.25. The van der Waals surface area contributed by atoms with E-state index in [0.717, 1.165) is 26.1 Å². The predicted molar refractivity (Wildman–Crippen MR) is 87.7 cm³/mol. The van der Waals surface area contributed by atoms with Crippen molar-refractivity contribution in [2.45, 2.75) is 25.3 Å². The van der Waals surface area contributed by atoms with Gasteiger partial charge in [-0.25, -0.2) is 0 Å². The van der Waals surface area contributed by atoms with Crippen LogP contribution in [-0.2, 0) is 4.79 Å². The zero-order valence-corrected chi connectivity index (χ0v) is 13.9. The molecule has 6 heteroatoms. The Morgan fingerprint density at radius 2 is 2.05 bits per heavy atom. The smallest absolute Gasteiger partial charge is 0.260 e. The van der Waals surface area contributed by atoms with Crippen LogP contribution in [0, 0.1) is 0 Å². The molecule has 1 atom stereocenters. The van der Waals surface area contributed by atoms with Gasteiger partial charge in [-0.2, -0.15) is 0 Å². The Morgan fingerprint density at radius 1 is 1.23 bits per heavy atom. The van der Waals surface area contributed by atoms with Crippen molar-refractivity contribution in [1.82, 2.24) is 9.80 Å². The number of nitrogens with zero attached hydrogens (tertiary/aromatic N) is 2. The highest BCUT2D eigenvalue weighted by Crippen LogP contribution is 2.27. The van der Waals surface area contributed by atoms with Crippen molar-refractivity contribution in [3.05, 3.63) is 28.2 Å². The molecule has 2 fully saturated rings. The highest BCUT2D eigenvalue weighted by Gasteiger charge is 2.30. The number of hydrogen-bond acceptors (Lipinski definition) is 3. The molecule has 0 spiro atoms. The third-order valence-corrected chi connectivity index (χ3v) is 4.93. The quantitative estimate of drug-likeness (QED) is 0.846. The largest absolute Gasteiger partial charge is 0.482 e. The summed E-state index contributed by atoms with van der Waals surface area (Å²) >= 11 is 11.9. The molecule has 0 aromatic heterocycles. The summed E-state index contributed by atoms with van der Waals surface area (Å²) in [7, 11) is 0. The molecule has 1 unspecified atom stereocenters. The molecule has 1 amide bonds. The van der Waals surface area contributed by atoms with E-state index in [2.05, 4.69) is 4.90 Å². The van der Waals surface area contributed by atoms with Gasteiger partial charge in [0, 0.05) is 30.7 Å². The lowest BCUT2D eigenvalue weighted by molar-refractivity contribution is -0.133. The van der Waals surface area contributed by atoms with E-state index in [1.165, 1.54) is 19.4 Å². The summed E-state index contributed by atoms with van der Waals surface area (Å²) in [5.74, 6) is 0.525. The molecule has 0 aliphatic carbocycles. The highest BCUT2D eigenvalue weighted by molar-refractivity contribution is 6.35. The number of benzene rings is 1. The summed E-state index contributed by atoms with van der Waals surface area (Å²) in [4.78, 5) is 16.8. The van der Waals surface area contributed by atoms with Crippen LogP contribution < -0.4 is 4.74 Å². The molecule has 4 nitrogen and oxygen atoms in total. The molecule has 2 saturated heterocycles. The van der Waals surface area contributed by atoms with E-state index in [1.807, 2.05) is 4.90 Å². The number of fused-ring (bicyclic) bond motifs is 1. The number of hydrogen-bond donors (Lipinski definition) is 0. The van der Waals surface area contributed by atoms with Crippen LogP contribution in [-0.4, -0.2) is 54.5 Å². The second kappa shape index (κ2) is 7.07.